The normalized spacial score (nSPS) is 10.7. The number of H-pyrrole nitrogens is 1. The standard InChI is InChI=1S/C13H23IN4O2S.3C2H6/c1-5-6-7-9(2)16-11-10(8-15)12(19)18-13(17-11)14(3)20-21-4;3*1-2/h8-9,15H,5-7H2,1-4H3,(H2,16,17,18,19);3*1-2H3. The van der Waals surface area contributed by atoms with Gasteiger partial charge in [0, 0.05) is 0 Å². The molecular formula is C19H41IN4O2S. The number of halogens is 1. The molecule has 0 saturated heterocycles. The number of hydrogen-bond acceptors (Lipinski definition) is 6. The topological polar surface area (TPSA) is 90.9 Å². The number of hydrogen-bond donors (Lipinski definition) is 3. The first-order valence-corrected chi connectivity index (χ1v) is 15.0. The summed E-state index contributed by atoms with van der Waals surface area (Å²) in [5.41, 5.74) is -0.00966. The van der Waals surface area contributed by atoms with Gasteiger partial charge in [-0.1, -0.05) is 41.5 Å². The molecule has 1 unspecified atom stereocenters. The molecule has 3 N–H and O–H groups in total. The van der Waals surface area contributed by atoms with E-state index in [2.05, 4.69) is 29.1 Å². The molecule has 162 valence electrons. The molecule has 6 nitrogen and oxygen atoms in total. The molecule has 8 heteroatoms. The molecule has 1 heterocycles. The summed E-state index contributed by atoms with van der Waals surface area (Å²) in [7, 11) is 0. The first-order chi connectivity index (χ1) is 13.0. The molecule has 0 spiro atoms. The number of rotatable bonds is 9. The first kappa shape index (κ1) is 31.1. The van der Waals surface area contributed by atoms with Gasteiger partial charge in [-0.15, -0.1) is 0 Å². The Morgan fingerprint density at radius 3 is 2.30 bits per heavy atom. The summed E-state index contributed by atoms with van der Waals surface area (Å²) in [6.07, 6.45) is 6.15. The average Bonchev–Trinajstić information content (AvgIpc) is 2.71. The van der Waals surface area contributed by atoms with Crippen molar-refractivity contribution in [3.05, 3.63) is 19.7 Å². The Hall–Kier alpha value is -0.610. The minimum absolute atomic E-state index is 0.214. The van der Waals surface area contributed by atoms with Gasteiger partial charge in [0.1, 0.15) is 0 Å². The van der Waals surface area contributed by atoms with E-state index in [4.69, 9.17) is 7.92 Å². The third-order valence-electron chi connectivity index (χ3n) is 2.85. The molecule has 0 radical (unpaired) electrons. The van der Waals surface area contributed by atoms with E-state index < -0.39 is 20.2 Å². The van der Waals surface area contributed by atoms with Crippen LogP contribution in [-0.4, -0.2) is 33.4 Å². The van der Waals surface area contributed by atoms with E-state index in [1.54, 1.807) is 0 Å². The molecular weight excluding hydrogens is 475 g/mol. The van der Waals surface area contributed by atoms with Gasteiger partial charge >= 0.3 is 138 Å². The van der Waals surface area contributed by atoms with Crippen LogP contribution in [0.25, 0.3) is 0 Å². The summed E-state index contributed by atoms with van der Waals surface area (Å²) in [6.45, 7) is 16.2. The van der Waals surface area contributed by atoms with Crippen molar-refractivity contribution in [1.29, 1.82) is 5.41 Å². The molecule has 0 aromatic carbocycles. The predicted octanol–water partition coefficient (Wildman–Crippen LogP) is 6.35. The Bertz CT molecular complexity index is 527. The molecule has 0 fully saturated rings. The van der Waals surface area contributed by atoms with Crippen molar-refractivity contribution in [2.45, 2.75) is 80.7 Å². The molecule has 0 bridgehead atoms. The summed E-state index contributed by atoms with van der Waals surface area (Å²) < 4.78 is 6.16. The SMILES string of the molecule is CC.CC.CC.CCCCC(C)Nc1nc(I(C)OSC)[nH]c(=O)c1C=N. The molecule has 1 rings (SSSR count). The van der Waals surface area contributed by atoms with Crippen LogP contribution in [0.4, 0.5) is 5.82 Å². The van der Waals surface area contributed by atoms with Crippen molar-refractivity contribution in [2.24, 2.45) is 0 Å². The van der Waals surface area contributed by atoms with Gasteiger partial charge in [-0.3, -0.25) is 0 Å². The Kier molecular flexibility index (Phi) is 25.0. The molecule has 27 heavy (non-hydrogen) atoms. The van der Waals surface area contributed by atoms with E-state index in [1.165, 1.54) is 12.0 Å². The van der Waals surface area contributed by atoms with Gasteiger partial charge in [-0.25, -0.2) is 0 Å². The Labute approximate surface area is 178 Å². The van der Waals surface area contributed by atoms with Gasteiger partial charge in [-0.05, 0) is 0 Å². The van der Waals surface area contributed by atoms with E-state index in [-0.39, 0.29) is 17.2 Å². The number of aromatic amines is 1. The average molecular weight is 517 g/mol. The van der Waals surface area contributed by atoms with Gasteiger partial charge in [-0.2, -0.15) is 0 Å². The molecule has 0 aliphatic heterocycles. The van der Waals surface area contributed by atoms with E-state index in [1.807, 2.05) is 52.7 Å². The summed E-state index contributed by atoms with van der Waals surface area (Å²) in [6, 6.07) is 0.214. The fourth-order valence-electron chi connectivity index (χ4n) is 1.77. The van der Waals surface area contributed by atoms with Crippen LogP contribution >= 0.6 is 32.3 Å². The summed E-state index contributed by atoms with van der Waals surface area (Å²) in [5, 5.41) is 10.7. The third-order valence-corrected chi connectivity index (χ3v) is 7.82. The fourth-order valence-corrected chi connectivity index (χ4v) is 5.35. The summed E-state index contributed by atoms with van der Waals surface area (Å²) in [5.74, 6) is 0.487. The Morgan fingerprint density at radius 1 is 1.30 bits per heavy atom. The molecule has 0 aliphatic rings. The van der Waals surface area contributed by atoms with Gasteiger partial charge < -0.3 is 0 Å². The van der Waals surface area contributed by atoms with Crippen LogP contribution in [0.2, 0.25) is 0 Å². The molecule has 1 aromatic rings. The molecule has 0 aliphatic carbocycles. The van der Waals surface area contributed by atoms with Crippen molar-refractivity contribution in [1.82, 2.24) is 9.97 Å². The second kappa shape index (κ2) is 21.7. The van der Waals surface area contributed by atoms with E-state index in [0.29, 0.717) is 9.65 Å². The predicted molar refractivity (Wildman–Crippen MR) is 133 cm³/mol. The molecule has 1 aromatic heterocycles. The van der Waals surface area contributed by atoms with Gasteiger partial charge in [0.25, 0.3) is 0 Å². The van der Waals surface area contributed by atoms with Crippen LogP contribution < -0.4 is 10.9 Å². The first-order valence-electron chi connectivity index (χ1n) is 9.76. The Morgan fingerprint density at radius 2 is 1.85 bits per heavy atom. The third kappa shape index (κ3) is 13.2. The van der Waals surface area contributed by atoms with Crippen molar-refractivity contribution in [2.75, 3.05) is 16.5 Å². The van der Waals surface area contributed by atoms with Crippen LogP contribution in [-0.2, 0) is 2.51 Å². The van der Waals surface area contributed by atoms with Crippen LogP contribution in [0.5, 0.6) is 0 Å². The number of nitrogens with zero attached hydrogens (tertiary/aromatic N) is 1. The van der Waals surface area contributed by atoms with E-state index in [9.17, 15) is 4.79 Å². The number of unbranched alkanes of at least 4 members (excludes halogenated alkanes) is 1. The maximum atomic E-state index is 12.1. The molecule has 0 saturated carbocycles. The van der Waals surface area contributed by atoms with Gasteiger partial charge in [0.15, 0.2) is 0 Å². The van der Waals surface area contributed by atoms with Crippen LogP contribution in [0, 0.1) is 9.24 Å². The van der Waals surface area contributed by atoms with E-state index >= 15 is 0 Å². The monoisotopic (exact) mass is 516 g/mol. The molecule has 0 amide bonds. The zero-order valence-electron chi connectivity index (χ0n) is 18.8. The van der Waals surface area contributed by atoms with Gasteiger partial charge in [0.2, 0.25) is 0 Å². The zero-order valence-corrected chi connectivity index (χ0v) is 21.8. The van der Waals surface area contributed by atoms with Crippen molar-refractivity contribution < 1.29 is 2.51 Å². The van der Waals surface area contributed by atoms with Crippen LogP contribution in [0.15, 0.2) is 4.79 Å². The van der Waals surface area contributed by atoms with E-state index in [0.717, 1.165) is 25.5 Å². The van der Waals surface area contributed by atoms with Crippen LogP contribution in [0.3, 0.4) is 0 Å². The fraction of sp³-hybridized carbons (Fsp3) is 0.737. The number of anilines is 1. The number of nitrogens with one attached hydrogen (secondary N) is 3. The van der Waals surface area contributed by atoms with Crippen molar-refractivity contribution >= 4 is 44.3 Å². The van der Waals surface area contributed by atoms with Gasteiger partial charge in [0.05, 0.1) is 0 Å². The molecule has 1 atom stereocenters. The van der Waals surface area contributed by atoms with Crippen LogP contribution in [0.1, 0.15) is 80.2 Å². The quantitative estimate of drug-likeness (QED) is 0.117. The minimum atomic E-state index is -1.92. The van der Waals surface area contributed by atoms with Crippen molar-refractivity contribution in [3.8, 4) is 0 Å². The maximum absolute atomic E-state index is 12.1. The Balaban J connectivity index is -0.000000869. The number of alkyl halides is 1. The second-order valence-electron chi connectivity index (χ2n) is 4.60. The van der Waals surface area contributed by atoms with Crippen molar-refractivity contribution in [3.63, 3.8) is 0 Å². The summed E-state index contributed by atoms with van der Waals surface area (Å²) in [4.78, 5) is 21.3. The summed E-state index contributed by atoms with van der Waals surface area (Å²) >= 11 is -0.622. The number of aromatic nitrogens is 2. The zero-order chi connectivity index (χ0) is 21.8. The second-order valence-corrected chi connectivity index (χ2v) is 9.56.